The van der Waals surface area contributed by atoms with Gasteiger partial charge in [-0.2, -0.15) is 4.31 Å². The van der Waals surface area contributed by atoms with Gasteiger partial charge in [0.2, 0.25) is 15.9 Å². The van der Waals surface area contributed by atoms with Gasteiger partial charge in [-0.05, 0) is 51.2 Å². The molecule has 0 aromatic heterocycles. The summed E-state index contributed by atoms with van der Waals surface area (Å²) in [5.41, 5.74) is 1.75. The Hall–Kier alpha value is -1.93. The Morgan fingerprint density at radius 3 is 2.30 bits per heavy atom. The molecule has 0 radical (unpaired) electrons. The summed E-state index contributed by atoms with van der Waals surface area (Å²) in [5.74, 6) is -1.49. The van der Waals surface area contributed by atoms with Crippen molar-refractivity contribution in [3.63, 3.8) is 0 Å². The van der Waals surface area contributed by atoms with Gasteiger partial charge < -0.3 is 10.4 Å². The number of carbonyl (C=O) groups excluding carboxylic acids is 1. The average Bonchev–Trinajstić information content (AvgIpc) is 2.57. The molecule has 2 fully saturated rings. The third-order valence-electron chi connectivity index (χ3n) is 5.61. The summed E-state index contributed by atoms with van der Waals surface area (Å²) in [6.45, 7) is 4.35. The van der Waals surface area contributed by atoms with Crippen molar-refractivity contribution in [2.45, 2.75) is 50.5 Å². The maximum absolute atomic E-state index is 12.9. The van der Waals surface area contributed by atoms with E-state index in [1.807, 2.05) is 13.0 Å². The number of piperidine rings is 1. The van der Waals surface area contributed by atoms with Gasteiger partial charge in [-0.3, -0.25) is 9.59 Å². The molecule has 27 heavy (non-hydrogen) atoms. The molecule has 3 rings (SSSR count). The molecule has 1 saturated heterocycles. The number of nitrogens with one attached hydrogen (secondary N) is 1. The molecular formula is C19H26N2O5S. The highest BCUT2D eigenvalue weighted by atomic mass is 32.2. The van der Waals surface area contributed by atoms with Crippen molar-refractivity contribution < 1.29 is 23.1 Å². The third kappa shape index (κ3) is 4.16. The van der Waals surface area contributed by atoms with E-state index in [0.717, 1.165) is 11.1 Å². The zero-order chi connectivity index (χ0) is 19.8. The van der Waals surface area contributed by atoms with Crippen LogP contribution in [0, 0.1) is 25.7 Å². The van der Waals surface area contributed by atoms with E-state index >= 15 is 0 Å². The number of hydrogen-bond donors (Lipinski definition) is 2. The molecule has 1 saturated carbocycles. The molecule has 7 nitrogen and oxygen atoms in total. The number of hydrogen-bond acceptors (Lipinski definition) is 4. The second-order valence-electron chi connectivity index (χ2n) is 7.66. The Bertz CT molecular complexity index is 838. The van der Waals surface area contributed by atoms with Crippen LogP contribution in [0.25, 0.3) is 0 Å². The third-order valence-corrected chi connectivity index (χ3v) is 7.67. The molecule has 2 N–H and O–H groups in total. The van der Waals surface area contributed by atoms with E-state index in [2.05, 4.69) is 5.32 Å². The van der Waals surface area contributed by atoms with Crippen LogP contribution in [-0.2, 0) is 19.6 Å². The summed E-state index contributed by atoms with van der Waals surface area (Å²) < 4.78 is 27.3. The van der Waals surface area contributed by atoms with Gasteiger partial charge in [0.1, 0.15) is 0 Å². The number of benzene rings is 1. The minimum Gasteiger partial charge on any atom is -0.481 e. The summed E-state index contributed by atoms with van der Waals surface area (Å²) in [6, 6.07) is 5.23. The van der Waals surface area contributed by atoms with Crippen LogP contribution in [-0.4, -0.2) is 48.8 Å². The van der Waals surface area contributed by atoms with Gasteiger partial charge in [0.15, 0.2) is 0 Å². The molecule has 1 aliphatic carbocycles. The zero-order valence-electron chi connectivity index (χ0n) is 15.6. The second-order valence-corrected chi connectivity index (χ2v) is 9.57. The molecule has 0 spiro atoms. The van der Waals surface area contributed by atoms with Crippen molar-refractivity contribution in [3.05, 3.63) is 29.3 Å². The lowest BCUT2D eigenvalue weighted by Gasteiger charge is -2.36. The molecule has 8 heteroatoms. The van der Waals surface area contributed by atoms with Crippen LogP contribution in [0.2, 0.25) is 0 Å². The summed E-state index contributed by atoms with van der Waals surface area (Å²) in [5, 5.41) is 11.8. The van der Waals surface area contributed by atoms with E-state index < -0.39 is 16.0 Å². The predicted molar refractivity (Wildman–Crippen MR) is 99.7 cm³/mol. The van der Waals surface area contributed by atoms with E-state index in [0.29, 0.717) is 43.7 Å². The number of carboxylic acid groups (broad SMARTS) is 1. The number of nitrogens with zero attached hydrogens (tertiary/aromatic N) is 1. The Morgan fingerprint density at radius 1 is 1.11 bits per heavy atom. The highest BCUT2D eigenvalue weighted by Crippen LogP contribution is 2.29. The second kappa shape index (κ2) is 7.59. The van der Waals surface area contributed by atoms with Gasteiger partial charge in [-0.1, -0.05) is 17.7 Å². The number of amides is 1. The largest absolute Gasteiger partial charge is 0.481 e. The molecular weight excluding hydrogens is 368 g/mol. The Kier molecular flexibility index (Phi) is 5.58. The Morgan fingerprint density at radius 2 is 1.74 bits per heavy atom. The van der Waals surface area contributed by atoms with Crippen LogP contribution in [0.4, 0.5) is 0 Å². The van der Waals surface area contributed by atoms with E-state index in [-0.39, 0.29) is 23.8 Å². The van der Waals surface area contributed by atoms with Crippen LogP contribution in [0.15, 0.2) is 23.1 Å². The number of aryl methyl sites for hydroxylation is 2. The summed E-state index contributed by atoms with van der Waals surface area (Å²) >= 11 is 0. The maximum Gasteiger partial charge on any atom is 0.306 e. The minimum atomic E-state index is -3.56. The lowest BCUT2D eigenvalue weighted by molar-refractivity contribution is -0.146. The molecule has 0 unspecified atom stereocenters. The van der Waals surface area contributed by atoms with Crippen LogP contribution in [0.1, 0.15) is 36.8 Å². The molecule has 1 amide bonds. The number of rotatable bonds is 5. The number of carboxylic acids is 1. The molecule has 2 aliphatic rings. The van der Waals surface area contributed by atoms with Gasteiger partial charge in [0.25, 0.3) is 0 Å². The highest BCUT2D eigenvalue weighted by Gasteiger charge is 2.38. The molecule has 1 aromatic carbocycles. The Balaban J connectivity index is 1.55. The number of aliphatic carboxylic acids is 1. The molecule has 1 heterocycles. The van der Waals surface area contributed by atoms with E-state index in [9.17, 15) is 18.0 Å². The van der Waals surface area contributed by atoms with E-state index in [4.69, 9.17) is 5.11 Å². The minimum absolute atomic E-state index is 0.0735. The summed E-state index contributed by atoms with van der Waals surface area (Å²) in [7, 11) is -3.56. The summed E-state index contributed by atoms with van der Waals surface area (Å²) in [4.78, 5) is 23.5. The van der Waals surface area contributed by atoms with Crippen molar-refractivity contribution >= 4 is 21.9 Å². The first-order valence-electron chi connectivity index (χ1n) is 9.29. The quantitative estimate of drug-likeness (QED) is 0.791. The maximum atomic E-state index is 12.9. The zero-order valence-corrected chi connectivity index (χ0v) is 16.5. The fourth-order valence-corrected chi connectivity index (χ4v) is 5.52. The monoisotopic (exact) mass is 394 g/mol. The van der Waals surface area contributed by atoms with Gasteiger partial charge in [-0.25, -0.2) is 8.42 Å². The van der Waals surface area contributed by atoms with Crippen LogP contribution in [0.5, 0.6) is 0 Å². The number of carbonyl (C=O) groups is 2. The van der Waals surface area contributed by atoms with Gasteiger partial charge in [0, 0.05) is 25.0 Å². The molecule has 148 valence electrons. The summed E-state index contributed by atoms with van der Waals surface area (Å²) in [6.07, 6.45) is 1.90. The lowest BCUT2D eigenvalue weighted by Crippen LogP contribution is -2.50. The smallest absolute Gasteiger partial charge is 0.306 e. The van der Waals surface area contributed by atoms with E-state index in [1.165, 1.54) is 4.31 Å². The van der Waals surface area contributed by atoms with Crippen molar-refractivity contribution in [2.24, 2.45) is 11.8 Å². The fraction of sp³-hybridized carbons (Fsp3) is 0.579. The first-order valence-corrected chi connectivity index (χ1v) is 10.7. The lowest BCUT2D eigenvalue weighted by atomic mass is 9.80. The molecule has 1 aromatic rings. The fourth-order valence-electron chi connectivity index (χ4n) is 3.84. The van der Waals surface area contributed by atoms with Crippen molar-refractivity contribution in [2.75, 3.05) is 13.1 Å². The molecule has 0 bridgehead atoms. The van der Waals surface area contributed by atoms with Crippen LogP contribution < -0.4 is 5.32 Å². The predicted octanol–water partition coefficient (Wildman–Crippen LogP) is 1.68. The van der Waals surface area contributed by atoms with Crippen molar-refractivity contribution in [3.8, 4) is 0 Å². The SMILES string of the molecule is Cc1ccc(S(=O)(=O)N2CCC(C(=O)NC3CC(C(=O)O)C3)CC2)c(C)c1. The first-order chi connectivity index (χ1) is 12.7. The van der Waals surface area contributed by atoms with Crippen LogP contribution >= 0.6 is 0 Å². The topological polar surface area (TPSA) is 104 Å². The Labute approximate surface area is 159 Å². The van der Waals surface area contributed by atoms with E-state index in [1.54, 1.807) is 19.1 Å². The molecule has 0 atom stereocenters. The highest BCUT2D eigenvalue weighted by molar-refractivity contribution is 7.89. The standard InChI is InChI=1S/C19H26N2O5S/c1-12-3-4-17(13(2)9-12)27(25,26)21-7-5-14(6-8-21)18(22)20-16-10-15(11-16)19(23)24/h3-4,9,14-16H,5-8,10-11H2,1-2H3,(H,20,22)(H,23,24). The molecule has 1 aliphatic heterocycles. The van der Waals surface area contributed by atoms with Gasteiger partial charge in [0.05, 0.1) is 10.8 Å². The van der Waals surface area contributed by atoms with Gasteiger partial charge in [-0.15, -0.1) is 0 Å². The van der Waals surface area contributed by atoms with Gasteiger partial charge >= 0.3 is 5.97 Å². The van der Waals surface area contributed by atoms with Crippen molar-refractivity contribution in [1.82, 2.24) is 9.62 Å². The number of sulfonamides is 1. The van der Waals surface area contributed by atoms with Crippen molar-refractivity contribution in [1.29, 1.82) is 0 Å². The van der Waals surface area contributed by atoms with Crippen LogP contribution in [0.3, 0.4) is 0 Å². The average molecular weight is 394 g/mol. The first kappa shape index (κ1) is 19.8. The normalized spacial score (nSPS) is 24.2.